The monoisotopic (exact) mass is 266 g/mol. The molecule has 0 saturated carbocycles. The maximum absolute atomic E-state index is 12.9. The molecule has 0 spiro atoms. The van der Waals surface area contributed by atoms with E-state index in [1.54, 1.807) is 24.3 Å². The molecule has 0 bridgehead atoms. The van der Waals surface area contributed by atoms with Crippen LogP contribution in [0.15, 0.2) is 54.6 Å². The van der Waals surface area contributed by atoms with Crippen LogP contribution in [0.2, 0.25) is 0 Å². The van der Waals surface area contributed by atoms with Gasteiger partial charge in [0.2, 0.25) is 17.1 Å². The molecule has 20 heavy (non-hydrogen) atoms. The molecular weight excluding hydrogens is 250 g/mol. The zero-order chi connectivity index (χ0) is 14.2. The summed E-state index contributed by atoms with van der Waals surface area (Å²) in [6.45, 7) is 2.62. The highest BCUT2D eigenvalue weighted by Crippen LogP contribution is 2.34. The molecule has 0 saturated heterocycles. The van der Waals surface area contributed by atoms with Crippen molar-refractivity contribution in [1.82, 2.24) is 0 Å². The Morgan fingerprint density at radius 1 is 0.850 bits per heavy atom. The lowest BCUT2D eigenvalue weighted by molar-refractivity contribution is -0.700. The largest absolute Gasteiger partial charge is 0.325 e. The van der Waals surface area contributed by atoms with Crippen LogP contribution in [0.3, 0.4) is 0 Å². The van der Waals surface area contributed by atoms with Gasteiger partial charge >= 0.3 is 0 Å². The maximum atomic E-state index is 12.9. The van der Waals surface area contributed by atoms with Gasteiger partial charge in [-0.05, 0) is 6.92 Å². The lowest BCUT2D eigenvalue weighted by Gasteiger charge is -2.23. The third-order valence-electron chi connectivity index (χ3n) is 3.87. The Bertz CT molecular complexity index is 641. The summed E-state index contributed by atoms with van der Waals surface area (Å²) in [7, 11) is 0. The highest BCUT2D eigenvalue weighted by molar-refractivity contribution is 6.31. The Labute approximate surface area is 117 Å². The number of benzene rings is 2. The van der Waals surface area contributed by atoms with E-state index in [0.717, 1.165) is 5.56 Å². The molecule has 0 aromatic heterocycles. The molecule has 0 aliphatic heterocycles. The summed E-state index contributed by atoms with van der Waals surface area (Å²) in [5.41, 5.74) is 0.685. The lowest BCUT2D eigenvalue weighted by atomic mass is 9.85. The number of rotatable bonds is 3. The predicted octanol–water partition coefficient (Wildman–Crippen LogP) is 1.54. The maximum Gasteiger partial charge on any atom is 0.249 e. The number of fused-ring (bicyclic) bond motifs is 1. The van der Waals surface area contributed by atoms with Gasteiger partial charge in [-0.2, -0.15) is 0 Å². The van der Waals surface area contributed by atoms with Gasteiger partial charge in [-0.1, -0.05) is 54.6 Å². The van der Waals surface area contributed by atoms with Crippen molar-refractivity contribution in [2.75, 3.05) is 6.54 Å². The molecule has 0 heterocycles. The molecule has 100 valence electrons. The van der Waals surface area contributed by atoms with E-state index in [9.17, 15) is 9.59 Å². The minimum atomic E-state index is -1.14. The minimum absolute atomic E-state index is 0.105. The third kappa shape index (κ3) is 1.57. The SMILES string of the molecule is CC[NH2+]C1(c2ccccc2)C(=O)c2ccccc2C1=O. The van der Waals surface area contributed by atoms with E-state index in [1.165, 1.54) is 0 Å². The molecular formula is C17H16NO2+. The fourth-order valence-electron chi connectivity index (χ4n) is 2.98. The summed E-state index contributed by atoms with van der Waals surface area (Å²) in [6.07, 6.45) is 0. The molecule has 2 aromatic carbocycles. The van der Waals surface area contributed by atoms with Crippen LogP contribution in [-0.2, 0) is 5.54 Å². The van der Waals surface area contributed by atoms with Crippen molar-refractivity contribution in [1.29, 1.82) is 0 Å². The van der Waals surface area contributed by atoms with Gasteiger partial charge in [0.25, 0.3) is 0 Å². The van der Waals surface area contributed by atoms with Crippen molar-refractivity contribution in [2.24, 2.45) is 0 Å². The van der Waals surface area contributed by atoms with Crippen molar-refractivity contribution >= 4 is 11.6 Å². The van der Waals surface area contributed by atoms with Crippen LogP contribution in [0.1, 0.15) is 33.2 Å². The first-order chi connectivity index (χ1) is 9.71. The molecule has 3 rings (SSSR count). The van der Waals surface area contributed by atoms with Gasteiger partial charge in [-0.15, -0.1) is 0 Å². The summed E-state index contributed by atoms with van der Waals surface area (Å²) >= 11 is 0. The predicted molar refractivity (Wildman–Crippen MR) is 75.7 cm³/mol. The van der Waals surface area contributed by atoms with Crippen LogP contribution in [0.4, 0.5) is 0 Å². The van der Waals surface area contributed by atoms with Crippen molar-refractivity contribution < 1.29 is 14.9 Å². The number of Topliss-reactive ketones (excluding diaryl/α,β-unsaturated/α-hetero) is 2. The Kier molecular flexibility index (Phi) is 2.99. The van der Waals surface area contributed by atoms with E-state index in [-0.39, 0.29) is 11.6 Å². The van der Waals surface area contributed by atoms with Crippen molar-refractivity contribution in [3.8, 4) is 0 Å². The Hall–Kier alpha value is -2.26. The second-order valence-electron chi connectivity index (χ2n) is 4.99. The third-order valence-corrected chi connectivity index (χ3v) is 3.87. The molecule has 2 N–H and O–H groups in total. The minimum Gasteiger partial charge on any atom is -0.325 e. The zero-order valence-electron chi connectivity index (χ0n) is 11.3. The van der Waals surface area contributed by atoms with E-state index < -0.39 is 5.54 Å². The van der Waals surface area contributed by atoms with Crippen LogP contribution in [0.25, 0.3) is 0 Å². The normalized spacial score (nSPS) is 16.2. The average molecular weight is 266 g/mol. The first-order valence-electron chi connectivity index (χ1n) is 6.80. The average Bonchev–Trinajstić information content (AvgIpc) is 2.72. The van der Waals surface area contributed by atoms with E-state index in [0.29, 0.717) is 17.7 Å². The summed E-state index contributed by atoms with van der Waals surface area (Å²) in [6, 6.07) is 16.4. The number of hydrogen-bond donors (Lipinski definition) is 1. The Morgan fingerprint density at radius 3 is 1.85 bits per heavy atom. The molecule has 3 heteroatoms. The van der Waals surface area contributed by atoms with E-state index >= 15 is 0 Å². The summed E-state index contributed by atoms with van der Waals surface area (Å²) in [4.78, 5) is 25.7. The van der Waals surface area contributed by atoms with Crippen LogP contribution in [0.5, 0.6) is 0 Å². The van der Waals surface area contributed by atoms with Crippen LogP contribution < -0.4 is 5.32 Å². The molecule has 2 aromatic rings. The fourth-order valence-corrected chi connectivity index (χ4v) is 2.98. The highest BCUT2D eigenvalue weighted by Gasteiger charge is 2.57. The molecule has 1 aliphatic rings. The van der Waals surface area contributed by atoms with Crippen molar-refractivity contribution in [3.63, 3.8) is 0 Å². The number of carbonyl (C=O) groups excluding carboxylic acids is 2. The summed E-state index contributed by atoms with van der Waals surface area (Å²) in [5.74, 6) is -0.211. The van der Waals surface area contributed by atoms with Gasteiger partial charge in [0.1, 0.15) is 0 Å². The van der Waals surface area contributed by atoms with Gasteiger partial charge in [-0.25, -0.2) is 0 Å². The van der Waals surface area contributed by atoms with Gasteiger partial charge in [0, 0.05) is 16.7 Å². The van der Waals surface area contributed by atoms with Gasteiger partial charge in [0.05, 0.1) is 6.54 Å². The summed E-state index contributed by atoms with van der Waals surface area (Å²) in [5, 5.41) is 1.84. The Balaban J connectivity index is 2.24. The van der Waals surface area contributed by atoms with E-state index in [1.807, 2.05) is 42.6 Å². The van der Waals surface area contributed by atoms with Crippen LogP contribution >= 0.6 is 0 Å². The molecule has 1 aliphatic carbocycles. The van der Waals surface area contributed by atoms with E-state index in [2.05, 4.69) is 0 Å². The number of nitrogens with two attached hydrogens (primary N) is 1. The second-order valence-corrected chi connectivity index (χ2v) is 4.99. The molecule has 0 radical (unpaired) electrons. The molecule has 0 amide bonds. The van der Waals surface area contributed by atoms with Gasteiger partial charge < -0.3 is 5.32 Å². The number of ketones is 2. The smallest absolute Gasteiger partial charge is 0.249 e. The number of hydrogen-bond acceptors (Lipinski definition) is 2. The van der Waals surface area contributed by atoms with Gasteiger partial charge in [0.15, 0.2) is 0 Å². The number of carbonyl (C=O) groups is 2. The molecule has 0 fully saturated rings. The highest BCUT2D eigenvalue weighted by atomic mass is 16.2. The van der Waals surface area contributed by atoms with Crippen molar-refractivity contribution in [2.45, 2.75) is 12.5 Å². The topological polar surface area (TPSA) is 50.8 Å². The standard InChI is InChI=1S/C17H15NO2/c1-2-18-17(12-8-4-3-5-9-12)15(19)13-10-6-7-11-14(13)16(17)20/h3-11,18H,2H2,1H3/p+1. The van der Waals surface area contributed by atoms with Crippen molar-refractivity contribution in [3.05, 3.63) is 71.3 Å². The fraction of sp³-hybridized carbons (Fsp3) is 0.176. The number of likely N-dealkylation sites (N-methyl/N-ethyl adjacent to an activating group) is 1. The van der Waals surface area contributed by atoms with Gasteiger partial charge in [-0.3, -0.25) is 9.59 Å². The second kappa shape index (κ2) is 4.69. The number of quaternary nitrogens is 1. The van der Waals surface area contributed by atoms with E-state index in [4.69, 9.17) is 0 Å². The Morgan fingerprint density at radius 2 is 1.35 bits per heavy atom. The quantitative estimate of drug-likeness (QED) is 0.857. The lowest BCUT2D eigenvalue weighted by Crippen LogP contribution is -2.97. The molecule has 0 unspecified atom stereocenters. The zero-order valence-corrected chi connectivity index (χ0v) is 11.3. The summed E-state index contributed by atoms with van der Waals surface area (Å²) < 4.78 is 0. The first kappa shape index (κ1) is 12.8. The van der Waals surface area contributed by atoms with Crippen LogP contribution in [-0.4, -0.2) is 18.1 Å². The molecule has 3 nitrogen and oxygen atoms in total. The first-order valence-corrected chi connectivity index (χ1v) is 6.80. The van der Waals surface area contributed by atoms with Crippen LogP contribution in [0, 0.1) is 0 Å². The molecule has 0 atom stereocenters.